The van der Waals surface area contributed by atoms with Crippen LogP contribution in [0.5, 0.6) is 0 Å². The normalized spacial score (nSPS) is 19.2. The smallest absolute Gasteiger partial charge is 0.225 e. The van der Waals surface area contributed by atoms with E-state index in [-0.39, 0.29) is 30.5 Å². The second kappa shape index (κ2) is 10.5. The first-order valence-corrected chi connectivity index (χ1v) is 12.3. The quantitative estimate of drug-likeness (QED) is 0.327. The number of hydrogen-bond acceptors (Lipinski definition) is 7. The molecule has 1 atom stereocenters. The van der Waals surface area contributed by atoms with Gasteiger partial charge in [-0.3, -0.25) is 9.36 Å². The number of nitrogens with one attached hydrogen (secondary N) is 2. The summed E-state index contributed by atoms with van der Waals surface area (Å²) < 4.78 is 2.00. The van der Waals surface area contributed by atoms with Crippen molar-refractivity contribution in [3.63, 3.8) is 0 Å². The maximum atomic E-state index is 11.7. The van der Waals surface area contributed by atoms with Crippen LogP contribution in [0.3, 0.4) is 0 Å². The maximum Gasteiger partial charge on any atom is 0.225 e. The first-order chi connectivity index (χ1) is 16.3. The number of rotatable bonds is 8. The number of fused-ring (bicyclic) bond motifs is 1. The summed E-state index contributed by atoms with van der Waals surface area (Å²) in [5.74, 6) is 0.499. The van der Waals surface area contributed by atoms with Crippen molar-refractivity contribution in [1.29, 1.82) is 0 Å². The molecule has 1 saturated carbocycles. The van der Waals surface area contributed by atoms with Crippen LogP contribution < -0.4 is 16.4 Å². The number of anilines is 3. The predicted molar refractivity (Wildman–Crippen MR) is 135 cm³/mol. The van der Waals surface area contributed by atoms with Crippen molar-refractivity contribution in [2.45, 2.75) is 51.1 Å². The summed E-state index contributed by atoms with van der Waals surface area (Å²) in [6.45, 7) is 1.93. The minimum Gasteiger partial charge on any atom is -0.394 e. The van der Waals surface area contributed by atoms with Crippen molar-refractivity contribution in [2.24, 2.45) is 11.7 Å². The molecule has 34 heavy (non-hydrogen) atoms. The van der Waals surface area contributed by atoms with Gasteiger partial charge in [-0.1, -0.05) is 41.7 Å². The molecule has 0 unspecified atom stereocenters. The summed E-state index contributed by atoms with van der Waals surface area (Å²) in [7, 11) is 0. The van der Waals surface area contributed by atoms with Gasteiger partial charge >= 0.3 is 0 Å². The zero-order valence-corrected chi connectivity index (χ0v) is 20.8. The Balaban J connectivity index is 1.76. The van der Waals surface area contributed by atoms with Gasteiger partial charge in [-0.2, -0.15) is 4.98 Å². The molecule has 3 aromatic rings. The Morgan fingerprint density at radius 1 is 1.21 bits per heavy atom. The molecule has 182 valence electrons. The number of aromatic nitrogens is 4. The fraction of sp³-hybridized carbons (Fsp3) is 0.455. The van der Waals surface area contributed by atoms with Crippen molar-refractivity contribution >= 4 is 69.5 Å². The van der Waals surface area contributed by atoms with Crippen LogP contribution in [0.25, 0.3) is 11.2 Å². The molecule has 0 bridgehead atoms. The summed E-state index contributed by atoms with van der Waals surface area (Å²) in [6, 6.07) is 3.06. The Morgan fingerprint density at radius 2 is 1.88 bits per heavy atom. The molecule has 1 aliphatic rings. The van der Waals surface area contributed by atoms with Gasteiger partial charge in [-0.25, -0.2) is 9.97 Å². The average molecular weight is 527 g/mol. The summed E-state index contributed by atoms with van der Waals surface area (Å²) in [4.78, 5) is 25.5. The van der Waals surface area contributed by atoms with Crippen LogP contribution >= 0.6 is 34.8 Å². The van der Waals surface area contributed by atoms with E-state index in [1.54, 1.807) is 18.3 Å². The van der Waals surface area contributed by atoms with Crippen LogP contribution in [0.15, 0.2) is 18.3 Å². The number of primary amides is 1. The summed E-state index contributed by atoms with van der Waals surface area (Å²) in [5, 5.41) is 17.1. The number of nitrogens with zero attached hydrogens (tertiary/aromatic N) is 4. The second-order valence-electron chi connectivity index (χ2n) is 8.42. The molecule has 1 aromatic carbocycles. The van der Waals surface area contributed by atoms with Crippen LogP contribution in [0.1, 0.15) is 45.1 Å². The molecular weight excluding hydrogens is 501 g/mol. The lowest BCUT2D eigenvalue weighted by Crippen LogP contribution is -2.29. The van der Waals surface area contributed by atoms with Crippen molar-refractivity contribution in [3.05, 3.63) is 33.4 Å². The summed E-state index contributed by atoms with van der Waals surface area (Å²) in [5.41, 5.74) is 7.22. The van der Waals surface area contributed by atoms with E-state index in [9.17, 15) is 9.90 Å². The molecule has 0 radical (unpaired) electrons. The number of carbonyl (C=O) groups is 1. The molecular formula is C22H26Cl3N7O2. The number of aliphatic hydroxyl groups is 1. The van der Waals surface area contributed by atoms with Gasteiger partial charge in [0, 0.05) is 17.0 Å². The highest BCUT2D eigenvalue weighted by Crippen LogP contribution is 2.40. The topological polar surface area (TPSA) is 131 Å². The molecule has 4 rings (SSSR count). The van der Waals surface area contributed by atoms with Crippen molar-refractivity contribution in [1.82, 2.24) is 19.5 Å². The third-order valence-corrected chi connectivity index (χ3v) is 7.00. The van der Waals surface area contributed by atoms with Gasteiger partial charge in [0.2, 0.25) is 17.8 Å². The number of halogens is 3. The summed E-state index contributed by atoms with van der Waals surface area (Å²) >= 11 is 18.9. The van der Waals surface area contributed by atoms with Gasteiger partial charge in [0.1, 0.15) is 5.52 Å². The van der Waals surface area contributed by atoms with E-state index in [2.05, 4.69) is 15.6 Å². The molecule has 2 heterocycles. The second-order valence-corrected chi connectivity index (χ2v) is 9.67. The SMILES string of the molecule is CC[C@@H](CO)Nc1ncc2nc(Nc3c(Cl)cc(Cl)cc3Cl)n([C@H]3CC[C@@H](C(N)=O)CC3)c2n1. The van der Waals surface area contributed by atoms with E-state index in [0.29, 0.717) is 63.1 Å². The van der Waals surface area contributed by atoms with Gasteiger partial charge in [-0.15, -0.1) is 0 Å². The van der Waals surface area contributed by atoms with Crippen LogP contribution in [0.2, 0.25) is 15.1 Å². The molecule has 1 fully saturated rings. The third kappa shape index (κ3) is 5.17. The molecule has 0 aliphatic heterocycles. The number of benzene rings is 1. The first-order valence-electron chi connectivity index (χ1n) is 11.1. The lowest BCUT2D eigenvalue weighted by Gasteiger charge is -2.29. The molecule has 9 nitrogen and oxygen atoms in total. The Hall–Kier alpha value is -2.33. The van der Waals surface area contributed by atoms with Crippen LogP contribution in [0, 0.1) is 5.92 Å². The Morgan fingerprint density at radius 3 is 2.47 bits per heavy atom. The molecule has 0 spiro atoms. The Bertz CT molecular complexity index is 1170. The van der Waals surface area contributed by atoms with E-state index in [1.807, 2.05) is 11.5 Å². The highest BCUT2D eigenvalue weighted by molar-refractivity contribution is 6.41. The van der Waals surface area contributed by atoms with Crippen LogP contribution in [0.4, 0.5) is 17.6 Å². The van der Waals surface area contributed by atoms with Crippen molar-refractivity contribution < 1.29 is 9.90 Å². The van der Waals surface area contributed by atoms with E-state index < -0.39 is 0 Å². The molecule has 1 aliphatic carbocycles. The van der Waals surface area contributed by atoms with Crippen LogP contribution in [-0.2, 0) is 4.79 Å². The van der Waals surface area contributed by atoms with Crippen LogP contribution in [-0.4, -0.2) is 43.2 Å². The molecule has 12 heteroatoms. The first kappa shape index (κ1) is 24.8. The predicted octanol–water partition coefficient (Wildman–Crippen LogP) is 4.93. The van der Waals surface area contributed by atoms with Gasteiger partial charge in [0.05, 0.1) is 34.6 Å². The fourth-order valence-corrected chi connectivity index (χ4v) is 5.16. The third-order valence-electron chi connectivity index (χ3n) is 6.19. The number of imidazole rings is 1. The Kier molecular flexibility index (Phi) is 7.67. The summed E-state index contributed by atoms with van der Waals surface area (Å²) in [6.07, 6.45) is 5.18. The molecule has 1 amide bonds. The van der Waals surface area contributed by atoms with E-state index in [1.165, 1.54) is 0 Å². The van der Waals surface area contributed by atoms with Gasteiger partial charge in [-0.05, 0) is 44.2 Å². The van der Waals surface area contributed by atoms with Crippen molar-refractivity contribution in [3.8, 4) is 0 Å². The van der Waals surface area contributed by atoms with Gasteiger partial charge < -0.3 is 21.5 Å². The number of aliphatic hydroxyl groups excluding tert-OH is 1. The zero-order chi connectivity index (χ0) is 24.4. The average Bonchev–Trinajstić information content (AvgIpc) is 3.17. The van der Waals surface area contributed by atoms with Gasteiger partial charge in [0.25, 0.3) is 0 Å². The van der Waals surface area contributed by atoms with E-state index in [4.69, 9.17) is 50.5 Å². The van der Waals surface area contributed by atoms with E-state index in [0.717, 1.165) is 12.8 Å². The minimum atomic E-state index is -0.268. The number of carbonyl (C=O) groups excluding carboxylic acids is 1. The fourth-order valence-electron chi connectivity index (χ4n) is 4.25. The highest BCUT2D eigenvalue weighted by Gasteiger charge is 2.29. The van der Waals surface area contributed by atoms with Crippen molar-refractivity contribution in [2.75, 3.05) is 17.2 Å². The highest BCUT2D eigenvalue weighted by atomic mass is 35.5. The Labute approximate surface area is 212 Å². The zero-order valence-electron chi connectivity index (χ0n) is 18.6. The molecule has 5 N–H and O–H groups in total. The molecule has 2 aromatic heterocycles. The maximum absolute atomic E-state index is 11.7. The lowest BCUT2D eigenvalue weighted by atomic mass is 9.85. The standard InChI is InChI=1S/C22H26Cl3N7O2/c1-2-13(10-33)28-21-27-9-17-20(31-21)32(14-5-3-11(4-6-14)19(26)34)22(29-17)30-18-15(24)7-12(23)8-16(18)25/h7-9,11,13-14,33H,2-6,10H2,1H3,(H2,26,34)(H,29,30)(H,27,28,31)/t11-,13-,14+/m0/s1. The largest absolute Gasteiger partial charge is 0.394 e. The van der Waals surface area contributed by atoms with Gasteiger partial charge in [0.15, 0.2) is 5.65 Å². The number of hydrogen-bond donors (Lipinski definition) is 4. The number of nitrogens with two attached hydrogens (primary N) is 1. The minimum absolute atomic E-state index is 0.0236. The number of amides is 1. The molecule has 0 saturated heterocycles. The monoisotopic (exact) mass is 525 g/mol. The lowest BCUT2D eigenvalue weighted by molar-refractivity contribution is -0.122. The van der Waals surface area contributed by atoms with E-state index >= 15 is 0 Å².